The van der Waals surface area contributed by atoms with Gasteiger partial charge in [0, 0.05) is 15.8 Å². The minimum absolute atomic E-state index is 0.265. The van der Waals surface area contributed by atoms with Crippen LogP contribution in [0, 0.1) is 17.1 Å². The van der Waals surface area contributed by atoms with E-state index in [1.807, 2.05) is 6.07 Å². The third kappa shape index (κ3) is 3.00. The fraction of sp³-hybridized carbons (Fsp3) is 0. The zero-order valence-corrected chi connectivity index (χ0v) is 11.4. The summed E-state index contributed by atoms with van der Waals surface area (Å²) in [5, 5.41) is 12.3. The summed E-state index contributed by atoms with van der Waals surface area (Å²) in [6.07, 6.45) is 0. The molecule has 2 aromatic carbocycles. The first-order valence-corrected chi connectivity index (χ1v) is 6.18. The van der Waals surface area contributed by atoms with Gasteiger partial charge in [0.05, 0.1) is 16.7 Å². The maximum atomic E-state index is 13.2. The molecule has 0 unspecified atom stereocenters. The Morgan fingerprint density at radius 3 is 2.61 bits per heavy atom. The van der Waals surface area contributed by atoms with Crippen LogP contribution in [0.5, 0.6) is 0 Å². The van der Waals surface area contributed by atoms with E-state index >= 15 is 0 Å². The lowest BCUT2D eigenvalue weighted by molar-refractivity contribution is 0.628. The lowest BCUT2D eigenvalue weighted by Crippen LogP contribution is -1.92. The molecule has 2 nitrogen and oxygen atoms in total. The second-order valence-corrected chi connectivity index (χ2v) is 4.86. The van der Waals surface area contributed by atoms with Crippen LogP contribution in [0.25, 0.3) is 0 Å². The van der Waals surface area contributed by atoms with Gasteiger partial charge < -0.3 is 5.32 Å². The van der Waals surface area contributed by atoms with Crippen LogP contribution in [0.1, 0.15) is 5.56 Å². The SMILES string of the molecule is N#Cc1cc(F)cc(Nc2ccc(Br)c(Cl)c2)c1. The molecule has 2 rings (SSSR count). The van der Waals surface area contributed by atoms with Gasteiger partial charge in [-0.2, -0.15) is 5.26 Å². The van der Waals surface area contributed by atoms with Gasteiger partial charge in [-0.15, -0.1) is 0 Å². The molecule has 0 saturated carbocycles. The molecular weight excluding hydrogens is 319 g/mol. The third-order valence-electron chi connectivity index (χ3n) is 2.24. The standard InChI is InChI=1S/C13H7BrClFN2/c14-12-2-1-10(6-13(12)15)18-11-4-8(7-17)3-9(16)5-11/h1-6,18H. The number of hydrogen-bond donors (Lipinski definition) is 1. The molecule has 0 saturated heterocycles. The minimum Gasteiger partial charge on any atom is -0.355 e. The van der Waals surface area contributed by atoms with Crippen molar-refractivity contribution in [1.82, 2.24) is 0 Å². The Balaban J connectivity index is 2.31. The Morgan fingerprint density at radius 2 is 1.94 bits per heavy atom. The van der Waals surface area contributed by atoms with E-state index < -0.39 is 5.82 Å². The van der Waals surface area contributed by atoms with Crippen LogP contribution in [0.3, 0.4) is 0 Å². The lowest BCUT2D eigenvalue weighted by Gasteiger charge is -2.08. The molecule has 1 N–H and O–H groups in total. The maximum absolute atomic E-state index is 13.2. The van der Waals surface area contributed by atoms with Gasteiger partial charge in [0.1, 0.15) is 5.82 Å². The molecule has 2 aromatic rings. The first-order valence-electron chi connectivity index (χ1n) is 5.01. The zero-order chi connectivity index (χ0) is 13.1. The molecule has 0 aliphatic carbocycles. The Morgan fingerprint density at radius 1 is 1.17 bits per heavy atom. The summed E-state index contributed by atoms with van der Waals surface area (Å²) >= 11 is 9.24. The average molecular weight is 326 g/mol. The summed E-state index contributed by atoms with van der Waals surface area (Å²) in [7, 11) is 0. The van der Waals surface area contributed by atoms with E-state index in [9.17, 15) is 4.39 Å². The van der Waals surface area contributed by atoms with E-state index in [-0.39, 0.29) is 5.56 Å². The predicted molar refractivity (Wildman–Crippen MR) is 73.5 cm³/mol. The van der Waals surface area contributed by atoms with Crippen LogP contribution >= 0.6 is 27.5 Å². The van der Waals surface area contributed by atoms with Gasteiger partial charge in [0.25, 0.3) is 0 Å². The number of rotatable bonds is 2. The van der Waals surface area contributed by atoms with Crippen LogP contribution in [0.2, 0.25) is 5.02 Å². The highest BCUT2D eigenvalue weighted by Gasteiger charge is 2.03. The molecule has 0 bridgehead atoms. The normalized spacial score (nSPS) is 9.89. The molecule has 0 aromatic heterocycles. The highest BCUT2D eigenvalue weighted by atomic mass is 79.9. The molecule has 0 fully saturated rings. The average Bonchev–Trinajstić information content (AvgIpc) is 2.33. The molecule has 0 aliphatic rings. The largest absolute Gasteiger partial charge is 0.355 e. The van der Waals surface area contributed by atoms with Crippen molar-refractivity contribution in [2.45, 2.75) is 0 Å². The number of hydrogen-bond acceptors (Lipinski definition) is 2. The van der Waals surface area contributed by atoms with Gasteiger partial charge in [0.15, 0.2) is 0 Å². The van der Waals surface area contributed by atoms with Gasteiger partial charge in [-0.3, -0.25) is 0 Å². The third-order valence-corrected chi connectivity index (χ3v) is 3.47. The van der Waals surface area contributed by atoms with Crippen molar-refractivity contribution >= 4 is 38.9 Å². The van der Waals surface area contributed by atoms with Crippen LogP contribution in [-0.4, -0.2) is 0 Å². The van der Waals surface area contributed by atoms with Crippen molar-refractivity contribution in [3.63, 3.8) is 0 Å². The van der Waals surface area contributed by atoms with E-state index in [0.29, 0.717) is 10.7 Å². The minimum atomic E-state index is -0.459. The van der Waals surface area contributed by atoms with Crippen LogP contribution in [0.15, 0.2) is 40.9 Å². The number of benzene rings is 2. The molecule has 0 heterocycles. The molecule has 0 aliphatic heterocycles. The van der Waals surface area contributed by atoms with Crippen molar-refractivity contribution in [1.29, 1.82) is 5.26 Å². The van der Waals surface area contributed by atoms with Crippen LogP contribution in [-0.2, 0) is 0 Å². The monoisotopic (exact) mass is 324 g/mol. The first-order chi connectivity index (χ1) is 8.58. The van der Waals surface area contributed by atoms with Crippen molar-refractivity contribution in [3.8, 4) is 6.07 Å². The van der Waals surface area contributed by atoms with E-state index in [1.54, 1.807) is 24.3 Å². The van der Waals surface area contributed by atoms with Crippen molar-refractivity contribution in [2.24, 2.45) is 0 Å². The molecule has 90 valence electrons. The summed E-state index contributed by atoms with van der Waals surface area (Å²) in [6, 6.07) is 11.3. The summed E-state index contributed by atoms with van der Waals surface area (Å²) < 4.78 is 14.0. The number of anilines is 2. The topological polar surface area (TPSA) is 35.8 Å². The second kappa shape index (κ2) is 5.38. The second-order valence-electron chi connectivity index (χ2n) is 3.59. The highest BCUT2D eigenvalue weighted by Crippen LogP contribution is 2.27. The maximum Gasteiger partial charge on any atom is 0.126 e. The molecule has 5 heteroatoms. The van der Waals surface area contributed by atoms with Crippen molar-refractivity contribution in [3.05, 3.63) is 57.3 Å². The van der Waals surface area contributed by atoms with Gasteiger partial charge in [-0.25, -0.2) is 4.39 Å². The van der Waals surface area contributed by atoms with Crippen LogP contribution < -0.4 is 5.32 Å². The van der Waals surface area contributed by atoms with E-state index in [2.05, 4.69) is 21.2 Å². The highest BCUT2D eigenvalue weighted by molar-refractivity contribution is 9.10. The first kappa shape index (κ1) is 12.9. The number of nitrogens with zero attached hydrogens (tertiary/aromatic N) is 1. The van der Waals surface area contributed by atoms with E-state index in [4.69, 9.17) is 16.9 Å². The van der Waals surface area contributed by atoms with Gasteiger partial charge in [-0.1, -0.05) is 11.6 Å². The van der Waals surface area contributed by atoms with E-state index in [1.165, 1.54) is 12.1 Å². The lowest BCUT2D eigenvalue weighted by atomic mass is 10.2. The number of nitrogens with one attached hydrogen (secondary N) is 1. The summed E-state index contributed by atoms with van der Waals surface area (Å²) in [5.74, 6) is -0.459. The smallest absolute Gasteiger partial charge is 0.126 e. The van der Waals surface area contributed by atoms with Gasteiger partial charge in [-0.05, 0) is 52.3 Å². The van der Waals surface area contributed by atoms with Gasteiger partial charge >= 0.3 is 0 Å². The zero-order valence-electron chi connectivity index (χ0n) is 9.05. The fourth-order valence-corrected chi connectivity index (χ4v) is 1.89. The van der Waals surface area contributed by atoms with Crippen molar-refractivity contribution in [2.75, 3.05) is 5.32 Å². The Hall–Kier alpha value is -1.57. The Kier molecular flexibility index (Phi) is 3.85. The van der Waals surface area contributed by atoms with Crippen LogP contribution in [0.4, 0.5) is 15.8 Å². The van der Waals surface area contributed by atoms with E-state index in [0.717, 1.165) is 10.2 Å². The summed E-state index contributed by atoms with van der Waals surface area (Å²) in [5.41, 5.74) is 1.49. The quantitative estimate of drug-likeness (QED) is 0.856. The molecule has 0 amide bonds. The van der Waals surface area contributed by atoms with Crippen molar-refractivity contribution < 1.29 is 4.39 Å². The molecule has 0 spiro atoms. The molecular formula is C13H7BrClFN2. The molecule has 18 heavy (non-hydrogen) atoms. The Bertz CT molecular complexity index is 637. The number of nitriles is 1. The number of halogens is 3. The summed E-state index contributed by atoms with van der Waals surface area (Å²) in [6.45, 7) is 0. The molecule has 0 radical (unpaired) electrons. The fourth-order valence-electron chi connectivity index (χ4n) is 1.47. The molecule has 0 atom stereocenters. The Labute approximate surface area is 117 Å². The summed E-state index contributed by atoms with van der Waals surface area (Å²) in [4.78, 5) is 0. The predicted octanol–water partition coefficient (Wildman–Crippen LogP) is 4.86. The van der Waals surface area contributed by atoms with Gasteiger partial charge in [0.2, 0.25) is 0 Å².